The predicted molar refractivity (Wildman–Crippen MR) is 84.8 cm³/mol. The Morgan fingerprint density at radius 3 is 2.65 bits per heavy atom. The summed E-state index contributed by atoms with van der Waals surface area (Å²) in [6, 6.07) is 3.56. The second kappa shape index (κ2) is 7.39. The number of carbonyl (C=O) groups is 1. The highest BCUT2D eigenvalue weighted by Crippen LogP contribution is 2.23. The van der Waals surface area contributed by atoms with Crippen LogP contribution < -0.4 is 0 Å². The summed E-state index contributed by atoms with van der Waals surface area (Å²) < 4.78 is 27.1. The molecule has 1 amide bonds. The van der Waals surface area contributed by atoms with Crippen LogP contribution in [0.25, 0.3) is 0 Å². The molecular formula is C18H24F2N2O. The Bertz CT molecular complexity index is 558. The standard InChI is InChI=1S/C18H24F2N2O/c19-16-6-7-17(20)15(11-16)13-21-8-4-5-14(12-21)18(23)22-9-2-1-3-10-22/h6-7,11,14H,1-5,8-10,12-13H2. The van der Waals surface area contributed by atoms with Crippen molar-refractivity contribution in [2.75, 3.05) is 26.2 Å². The molecule has 0 radical (unpaired) electrons. The highest BCUT2D eigenvalue weighted by atomic mass is 19.1. The second-order valence-electron chi connectivity index (χ2n) is 6.70. The minimum absolute atomic E-state index is 0.00142. The van der Waals surface area contributed by atoms with E-state index in [0.717, 1.165) is 51.4 Å². The Labute approximate surface area is 136 Å². The summed E-state index contributed by atoms with van der Waals surface area (Å²) in [5.41, 5.74) is 0.371. The van der Waals surface area contributed by atoms with E-state index >= 15 is 0 Å². The van der Waals surface area contributed by atoms with Gasteiger partial charge in [-0.1, -0.05) is 0 Å². The van der Waals surface area contributed by atoms with Crippen molar-refractivity contribution in [3.8, 4) is 0 Å². The van der Waals surface area contributed by atoms with Crippen LogP contribution in [0.4, 0.5) is 8.78 Å². The maximum absolute atomic E-state index is 13.8. The minimum Gasteiger partial charge on any atom is -0.342 e. The number of nitrogens with zero attached hydrogens (tertiary/aromatic N) is 2. The Balaban J connectivity index is 1.61. The summed E-state index contributed by atoms with van der Waals surface area (Å²) in [6.07, 6.45) is 5.23. The first-order valence-electron chi connectivity index (χ1n) is 8.58. The molecule has 0 aromatic heterocycles. The van der Waals surface area contributed by atoms with Crippen molar-refractivity contribution in [1.82, 2.24) is 9.80 Å². The molecule has 0 bridgehead atoms. The fourth-order valence-electron chi connectivity index (χ4n) is 3.68. The lowest BCUT2D eigenvalue weighted by molar-refractivity contribution is -0.138. The maximum Gasteiger partial charge on any atom is 0.226 e. The van der Waals surface area contributed by atoms with Crippen LogP contribution in [0.5, 0.6) is 0 Å². The van der Waals surface area contributed by atoms with Gasteiger partial charge in [0.15, 0.2) is 0 Å². The molecule has 3 nitrogen and oxygen atoms in total. The number of piperidine rings is 2. The van der Waals surface area contributed by atoms with Gasteiger partial charge in [-0.25, -0.2) is 8.78 Å². The van der Waals surface area contributed by atoms with Gasteiger partial charge < -0.3 is 4.90 Å². The first-order valence-corrected chi connectivity index (χ1v) is 8.58. The molecule has 0 spiro atoms. The number of carbonyl (C=O) groups excluding carboxylic acids is 1. The Hall–Kier alpha value is -1.49. The lowest BCUT2D eigenvalue weighted by Crippen LogP contribution is -2.46. The molecular weight excluding hydrogens is 298 g/mol. The van der Waals surface area contributed by atoms with Crippen molar-refractivity contribution in [3.63, 3.8) is 0 Å². The van der Waals surface area contributed by atoms with E-state index in [1.807, 2.05) is 4.90 Å². The van der Waals surface area contributed by atoms with Crippen LogP contribution >= 0.6 is 0 Å². The molecule has 2 aliphatic rings. The summed E-state index contributed by atoms with van der Waals surface area (Å²) in [7, 11) is 0. The molecule has 1 unspecified atom stereocenters. The molecule has 2 aliphatic heterocycles. The van der Waals surface area contributed by atoms with Crippen molar-refractivity contribution in [3.05, 3.63) is 35.4 Å². The summed E-state index contributed by atoms with van der Waals surface area (Å²) >= 11 is 0. The van der Waals surface area contributed by atoms with Gasteiger partial charge in [0.1, 0.15) is 11.6 Å². The molecule has 3 rings (SSSR count). The summed E-state index contributed by atoms with van der Waals surface area (Å²) in [4.78, 5) is 16.7. The van der Waals surface area contributed by atoms with E-state index in [9.17, 15) is 13.6 Å². The van der Waals surface area contributed by atoms with E-state index in [4.69, 9.17) is 0 Å². The molecule has 2 heterocycles. The highest BCUT2D eigenvalue weighted by molar-refractivity contribution is 5.79. The highest BCUT2D eigenvalue weighted by Gasteiger charge is 2.30. The van der Waals surface area contributed by atoms with Crippen molar-refractivity contribution < 1.29 is 13.6 Å². The van der Waals surface area contributed by atoms with E-state index < -0.39 is 5.82 Å². The van der Waals surface area contributed by atoms with Gasteiger partial charge in [-0.2, -0.15) is 0 Å². The van der Waals surface area contributed by atoms with E-state index in [1.54, 1.807) is 0 Å². The van der Waals surface area contributed by atoms with Crippen molar-refractivity contribution >= 4 is 5.91 Å². The van der Waals surface area contributed by atoms with E-state index in [-0.39, 0.29) is 17.6 Å². The lowest BCUT2D eigenvalue weighted by atomic mass is 9.95. The van der Waals surface area contributed by atoms with Crippen molar-refractivity contribution in [1.29, 1.82) is 0 Å². The topological polar surface area (TPSA) is 23.6 Å². The SMILES string of the molecule is O=C(C1CCCN(Cc2cc(F)ccc2F)C1)N1CCCCC1. The number of hydrogen-bond acceptors (Lipinski definition) is 2. The monoisotopic (exact) mass is 322 g/mol. The van der Waals surface area contributed by atoms with Gasteiger partial charge in [-0.3, -0.25) is 9.69 Å². The van der Waals surface area contributed by atoms with Crippen LogP contribution in [0, 0.1) is 17.6 Å². The van der Waals surface area contributed by atoms with Crippen LogP contribution in [-0.4, -0.2) is 41.9 Å². The van der Waals surface area contributed by atoms with Crippen molar-refractivity contribution in [2.45, 2.75) is 38.6 Å². The summed E-state index contributed by atoms with van der Waals surface area (Å²) in [5.74, 6) is -0.553. The molecule has 0 N–H and O–H groups in total. The van der Waals surface area contributed by atoms with Crippen molar-refractivity contribution in [2.24, 2.45) is 5.92 Å². The third kappa shape index (κ3) is 4.08. The molecule has 1 aromatic rings. The smallest absolute Gasteiger partial charge is 0.226 e. The molecule has 23 heavy (non-hydrogen) atoms. The van der Waals surface area contributed by atoms with Gasteiger partial charge in [0.2, 0.25) is 5.91 Å². The number of halogens is 2. The zero-order chi connectivity index (χ0) is 16.2. The molecule has 0 aliphatic carbocycles. The Morgan fingerprint density at radius 2 is 1.87 bits per heavy atom. The van der Waals surface area contributed by atoms with Crippen LogP contribution in [0.3, 0.4) is 0 Å². The largest absolute Gasteiger partial charge is 0.342 e. The zero-order valence-corrected chi connectivity index (χ0v) is 13.4. The normalized spacial score (nSPS) is 23.0. The molecule has 0 saturated carbocycles. The van der Waals surface area contributed by atoms with Gasteiger partial charge in [-0.15, -0.1) is 0 Å². The lowest BCUT2D eigenvalue weighted by Gasteiger charge is -2.36. The van der Waals surface area contributed by atoms with Gasteiger partial charge >= 0.3 is 0 Å². The van der Waals surface area contributed by atoms with Crippen LogP contribution in [0.15, 0.2) is 18.2 Å². The predicted octanol–water partition coefficient (Wildman–Crippen LogP) is 3.19. The molecule has 2 saturated heterocycles. The molecule has 2 fully saturated rings. The van der Waals surface area contributed by atoms with Crippen LogP contribution in [0.2, 0.25) is 0 Å². The number of benzene rings is 1. The first kappa shape index (κ1) is 16.4. The molecule has 1 atom stereocenters. The number of hydrogen-bond donors (Lipinski definition) is 0. The zero-order valence-electron chi connectivity index (χ0n) is 13.4. The summed E-state index contributed by atoms with van der Waals surface area (Å²) in [6.45, 7) is 3.58. The maximum atomic E-state index is 13.8. The van der Waals surface area contributed by atoms with Crippen LogP contribution in [0.1, 0.15) is 37.7 Å². The van der Waals surface area contributed by atoms with E-state index in [2.05, 4.69) is 4.90 Å². The van der Waals surface area contributed by atoms with Gasteiger partial charge in [0, 0.05) is 31.7 Å². The quantitative estimate of drug-likeness (QED) is 0.853. The number of likely N-dealkylation sites (tertiary alicyclic amines) is 2. The molecule has 1 aromatic carbocycles. The second-order valence-corrected chi connectivity index (χ2v) is 6.70. The number of amides is 1. The number of rotatable bonds is 3. The average molecular weight is 322 g/mol. The molecule has 126 valence electrons. The Morgan fingerprint density at radius 1 is 1.09 bits per heavy atom. The minimum atomic E-state index is -0.417. The summed E-state index contributed by atoms with van der Waals surface area (Å²) in [5, 5.41) is 0. The van der Waals surface area contributed by atoms with Gasteiger partial charge in [0.25, 0.3) is 0 Å². The fraction of sp³-hybridized carbons (Fsp3) is 0.611. The fourth-order valence-corrected chi connectivity index (χ4v) is 3.68. The Kier molecular flexibility index (Phi) is 5.26. The van der Waals surface area contributed by atoms with Crippen LogP contribution in [-0.2, 0) is 11.3 Å². The molecule has 5 heteroatoms. The first-order chi connectivity index (χ1) is 11.1. The third-order valence-corrected chi connectivity index (χ3v) is 4.92. The average Bonchev–Trinajstić information content (AvgIpc) is 2.58. The van der Waals surface area contributed by atoms with Gasteiger partial charge in [-0.05, 0) is 56.8 Å². The van der Waals surface area contributed by atoms with E-state index in [0.29, 0.717) is 18.7 Å². The van der Waals surface area contributed by atoms with E-state index in [1.165, 1.54) is 18.6 Å². The third-order valence-electron chi connectivity index (χ3n) is 4.92. The van der Waals surface area contributed by atoms with Gasteiger partial charge in [0.05, 0.1) is 5.92 Å².